The predicted octanol–water partition coefficient (Wildman–Crippen LogP) is 3.92. The van der Waals surface area contributed by atoms with E-state index in [1.807, 2.05) is 31.3 Å². The first-order valence-electron chi connectivity index (χ1n) is 5.50. The van der Waals surface area contributed by atoms with Gasteiger partial charge in [0.25, 0.3) is 0 Å². The van der Waals surface area contributed by atoms with Crippen LogP contribution in [-0.4, -0.2) is 9.55 Å². The highest BCUT2D eigenvalue weighted by Crippen LogP contribution is 2.23. The van der Waals surface area contributed by atoms with E-state index < -0.39 is 0 Å². The zero-order valence-corrected chi connectivity index (χ0v) is 10.3. The molecule has 0 fully saturated rings. The lowest BCUT2D eigenvalue weighted by molar-refractivity contribution is 0.663. The highest BCUT2D eigenvalue weighted by molar-refractivity contribution is 6.30. The number of hydrogen-bond acceptors (Lipinski definition) is 1. The van der Waals surface area contributed by atoms with Crippen molar-refractivity contribution in [2.24, 2.45) is 0 Å². The molecule has 1 aromatic carbocycles. The Balaban J connectivity index is 2.47. The Hall–Kier alpha value is -1.28. The first kappa shape index (κ1) is 11.2. The maximum atomic E-state index is 6.00. The van der Waals surface area contributed by atoms with Gasteiger partial charge in [-0.15, -0.1) is 0 Å². The van der Waals surface area contributed by atoms with E-state index in [0.29, 0.717) is 0 Å². The number of imidazole rings is 1. The van der Waals surface area contributed by atoms with Gasteiger partial charge in [-0.2, -0.15) is 0 Å². The molecule has 0 atom stereocenters. The lowest BCUT2D eigenvalue weighted by Crippen LogP contribution is -2.01. The van der Waals surface area contributed by atoms with Crippen molar-refractivity contribution in [1.82, 2.24) is 9.55 Å². The third-order valence-corrected chi connectivity index (χ3v) is 2.86. The number of nitrogens with zero attached hydrogens (tertiary/aromatic N) is 2. The molecule has 1 aromatic heterocycles. The summed E-state index contributed by atoms with van der Waals surface area (Å²) in [4.78, 5) is 4.36. The molecule has 0 bridgehead atoms. The summed E-state index contributed by atoms with van der Waals surface area (Å²) in [6.45, 7) is 5.19. The van der Waals surface area contributed by atoms with Crippen LogP contribution in [0.5, 0.6) is 0 Å². The molecule has 0 aliphatic rings. The Bertz CT molecular complexity index is 488. The summed E-state index contributed by atoms with van der Waals surface area (Å²) in [5.41, 5.74) is 2.27. The van der Waals surface area contributed by atoms with Gasteiger partial charge in [0.05, 0.1) is 11.9 Å². The molecular weight excluding hydrogens is 220 g/mol. The number of rotatable bonds is 3. The zero-order valence-electron chi connectivity index (χ0n) is 9.57. The van der Waals surface area contributed by atoms with Crippen molar-refractivity contribution in [3.8, 4) is 11.3 Å². The maximum Gasteiger partial charge on any atom is 0.105 e. The van der Waals surface area contributed by atoms with Crippen LogP contribution in [0.25, 0.3) is 11.3 Å². The molecule has 0 radical (unpaired) electrons. The van der Waals surface area contributed by atoms with Crippen molar-refractivity contribution in [2.75, 3.05) is 0 Å². The molecule has 0 saturated carbocycles. The van der Waals surface area contributed by atoms with Crippen LogP contribution in [0.1, 0.15) is 19.2 Å². The van der Waals surface area contributed by atoms with Gasteiger partial charge in [-0.05, 0) is 25.5 Å². The minimum absolute atomic E-state index is 0.763. The fourth-order valence-corrected chi connectivity index (χ4v) is 2.04. The van der Waals surface area contributed by atoms with Gasteiger partial charge in [-0.1, -0.05) is 30.7 Å². The monoisotopic (exact) mass is 234 g/mol. The van der Waals surface area contributed by atoms with E-state index in [-0.39, 0.29) is 0 Å². The number of aromatic nitrogens is 2. The fourth-order valence-electron chi connectivity index (χ4n) is 1.85. The first-order valence-corrected chi connectivity index (χ1v) is 5.88. The number of aryl methyl sites for hydroxylation is 1. The molecule has 3 heteroatoms. The Morgan fingerprint density at radius 3 is 2.88 bits per heavy atom. The minimum atomic E-state index is 0.763. The molecule has 0 N–H and O–H groups in total. The van der Waals surface area contributed by atoms with Crippen LogP contribution in [0.3, 0.4) is 0 Å². The molecule has 2 nitrogen and oxygen atoms in total. The van der Waals surface area contributed by atoms with Crippen molar-refractivity contribution in [3.63, 3.8) is 0 Å². The quantitative estimate of drug-likeness (QED) is 0.787. The lowest BCUT2D eigenvalue weighted by atomic mass is 10.1. The Kier molecular flexibility index (Phi) is 3.30. The van der Waals surface area contributed by atoms with Crippen molar-refractivity contribution in [1.29, 1.82) is 0 Å². The molecule has 0 aliphatic carbocycles. The smallest absolute Gasteiger partial charge is 0.105 e. The van der Waals surface area contributed by atoms with E-state index in [2.05, 4.69) is 22.5 Å². The molecule has 0 amide bonds. The van der Waals surface area contributed by atoms with E-state index in [1.54, 1.807) is 0 Å². The fraction of sp³-hybridized carbons (Fsp3) is 0.308. The van der Waals surface area contributed by atoms with Crippen LogP contribution in [0.2, 0.25) is 5.02 Å². The highest BCUT2D eigenvalue weighted by Gasteiger charge is 2.07. The average molecular weight is 235 g/mol. The first-order chi connectivity index (χ1) is 7.72. The van der Waals surface area contributed by atoms with Crippen molar-refractivity contribution in [2.45, 2.75) is 26.8 Å². The Morgan fingerprint density at radius 2 is 2.19 bits per heavy atom. The Labute approximate surface area is 101 Å². The van der Waals surface area contributed by atoms with Crippen LogP contribution >= 0.6 is 11.6 Å². The van der Waals surface area contributed by atoms with Crippen molar-refractivity contribution < 1.29 is 0 Å². The summed E-state index contributed by atoms with van der Waals surface area (Å²) >= 11 is 6.00. The molecule has 0 unspecified atom stereocenters. The maximum absolute atomic E-state index is 6.00. The standard InChI is InChI=1S/C13H15ClN2/c1-3-7-16-10(2)15-9-13(16)11-5-4-6-12(14)8-11/h4-6,8-9H,3,7H2,1-2H3. The number of benzene rings is 1. The van der Waals surface area contributed by atoms with Crippen LogP contribution < -0.4 is 0 Å². The third kappa shape index (κ3) is 2.12. The van der Waals surface area contributed by atoms with Gasteiger partial charge in [0, 0.05) is 17.1 Å². The summed E-state index contributed by atoms with van der Waals surface area (Å²) in [6.07, 6.45) is 3.02. The summed E-state index contributed by atoms with van der Waals surface area (Å²) in [7, 11) is 0. The second-order valence-electron chi connectivity index (χ2n) is 3.85. The molecule has 0 aliphatic heterocycles. The van der Waals surface area contributed by atoms with Gasteiger partial charge in [0.2, 0.25) is 0 Å². The van der Waals surface area contributed by atoms with E-state index in [1.165, 1.54) is 0 Å². The second kappa shape index (κ2) is 4.71. The van der Waals surface area contributed by atoms with E-state index >= 15 is 0 Å². The van der Waals surface area contributed by atoms with E-state index in [0.717, 1.165) is 35.1 Å². The van der Waals surface area contributed by atoms with E-state index in [4.69, 9.17) is 11.6 Å². The SMILES string of the molecule is CCCn1c(-c2cccc(Cl)c2)cnc1C. The number of halogens is 1. The summed E-state index contributed by atoms with van der Waals surface area (Å²) < 4.78 is 2.23. The molecule has 16 heavy (non-hydrogen) atoms. The molecule has 1 heterocycles. The molecule has 2 rings (SSSR count). The topological polar surface area (TPSA) is 17.8 Å². The largest absolute Gasteiger partial charge is 0.328 e. The molecule has 84 valence electrons. The molecule has 0 spiro atoms. The summed E-state index contributed by atoms with van der Waals surface area (Å²) in [6, 6.07) is 7.90. The zero-order chi connectivity index (χ0) is 11.5. The molecular formula is C13H15ClN2. The Morgan fingerprint density at radius 1 is 1.38 bits per heavy atom. The van der Waals surface area contributed by atoms with Gasteiger partial charge in [-0.3, -0.25) is 0 Å². The lowest BCUT2D eigenvalue weighted by Gasteiger charge is -2.09. The predicted molar refractivity (Wildman–Crippen MR) is 67.7 cm³/mol. The van der Waals surface area contributed by atoms with Crippen LogP contribution in [0.15, 0.2) is 30.5 Å². The average Bonchev–Trinajstić information content (AvgIpc) is 2.61. The van der Waals surface area contributed by atoms with Gasteiger partial charge in [0.15, 0.2) is 0 Å². The van der Waals surface area contributed by atoms with E-state index in [9.17, 15) is 0 Å². The summed E-state index contributed by atoms with van der Waals surface area (Å²) in [5, 5.41) is 0.763. The van der Waals surface area contributed by atoms with Crippen molar-refractivity contribution >= 4 is 11.6 Å². The third-order valence-electron chi connectivity index (χ3n) is 2.62. The van der Waals surface area contributed by atoms with Crippen LogP contribution in [-0.2, 0) is 6.54 Å². The van der Waals surface area contributed by atoms with Gasteiger partial charge < -0.3 is 4.57 Å². The molecule has 0 saturated heterocycles. The van der Waals surface area contributed by atoms with Gasteiger partial charge >= 0.3 is 0 Å². The normalized spacial score (nSPS) is 10.7. The summed E-state index contributed by atoms with van der Waals surface area (Å²) in [5.74, 6) is 1.05. The second-order valence-corrected chi connectivity index (χ2v) is 4.29. The van der Waals surface area contributed by atoms with Gasteiger partial charge in [-0.25, -0.2) is 4.98 Å². The number of hydrogen-bond donors (Lipinski definition) is 0. The highest BCUT2D eigenvalue weighted by atomic mass is 35.5. The van der Waals surface area contributed by atoms with Crippen molar-refractivity contribution in [3.05, 3.63) is 41.3 Å². The van der Waals surface area contributed by atoms with Gasteiger partial charge in [0.1, 0.15) is 5.82 Å². The van der Waals surface area contributed by atoms with Crippen LogP contribution in [0, 0.1) is 6.92 Å². The molecule has 2 aromatic rings. The minimum Gasteiger partial charge on any atom is -0.328 e. The van der Waals surface area contributed by atoms with Crippen LogP contribution in [0.4, 0.5) is 0 Å².